The third kappa shape index (κ3) is 2.33. The maximum Gasteiger partial charge on any atom is 0.270 e. The largest absolute Gasteiger partial charge is 0.395 e. The third-order valence-corrected chi connectivity index (χ3v) is 4.37. The summed E-state index contributed by atoms with van der Waals surface area (Å²) >= 11 is 0. The van der Waals surface area contributed by atoms with E-state index in [4.69, 9.17) is 0 Å². The lowest BCUT2D eigenvalue weighted by Gasteiger charge is -2.22. The van der Waals surface area contributed by atoms with E-state index >= 15 is 0 Å². The molecular weight excluding hydrogens is 264 g/mol. The quantitative estimate of drug-likeness (QED) is 0.921. The number of hydrogen-bond acceptors (Lipinski definition) is 2. The van der Waals surface area contributed by atoms with E-state index in [1.165, 1.54) is 10.9 Å². The molecule has 0 aliphatic carbocycles. The van der Waals surface area contributed by atoms with Crippen molar-refractivity contribution in [3.63, 3.8) is 0 Å². The predicted molar refractivity (Wildman–Crippen MR) is 83.7 cm³/mol. The van der Waals surface area contributed by atoms with Gasteiger partial charge in [0.2, 0.25) is 0 Å². The van der Waals surface area contributed by atoms with Gasteiger partial charge in [-0.15, -0.1) is 0 Å². The number of benzene rings is 1. The normalized spacial score (nSPS) is 16.0. The summed E-state index contributed by atoms with van der Waals surface area (Å²) in [7, 11) is 1.86. The van der Waals surface area contributed by atoms with Crippen LogP contribution in [0.5, 0.6) is 0 Å². The zero-order valence-corrected chi connectivity index (χ0v) is 12.7. The fourth-order valence-corrected chi connectivity index (χ4v) is 3.30. The molecule has 1 amide bonds. The molecule has 0 radical (unpaired) electrons. The minimum Gasteiger partial charge on any atom is -0.395 e. The van der Waals surface area contributed by atoms with Gasteiger partial charge in [0.25, 0.3) is 5.91 Å². The van der Waals surface area contributed by atoms with Crippen molar-refractivity contribution in [3.8, 4) is 0 Å². The minimum atomic E-state index is 0.0427. The Balaban J connectivity index is 2.31. The summed E-state index contributed by atoms with van der Waals surface area (Å²) in [6, 6.07) is 6.30. The van der Waals surface area contributed by atoms with Crippen molar-refractivity contribution in [1.82, 2.24) is 9.47 Å². The Labute approximate surface area is 125 Å². The van der Waals surface area contributed by atoms with Gasteiger partial charge in [-0.05, 0) is 43.9 Å². The van der Waals surface area contributed by atoms with Gasteiger partial charge in [0.15, 0.2) is 0 Å². The van der Waals surface area contributed by atoms with Gasteiger partial charge < -0.3 is 14.6 Å². The van der Waals surface area contributed by atoms with Crippen LogP contribution in [-0.2, 0) is 13.0 Å². The molecule has 1 aliphatic rings. The van der Waals surface area contributed by atoms with Gasteiger partial charge in [-0.2, -0.15) is 0 Å². The second-order valence-electron chi connectivity index (χ2n) is 5.91. The van der Waals surface area contributed by atoms with Crippen LogP contribution in [0.4, 0.5) is 0 Å². The standard InChI is InChI=1S/C17H22N2O2/c1-12-6-7-15-14(11-12)13-5-3-4-8-18(2)17(21)16(13)19(15)9-10-20/h6-7,11,20H,3-5,8-10H2,1-2H3. The Bertz CT molecular complexity index is 688. The molecule has 2 heterocycles. The molecule has 4 nitrogen and oxygen atoms in total. The second-order valence-corrected chi connectivity index (χ2v) is 5.91. The average molecular weight is 286 g/mol. The molecule has 1 aromatic carbocycles. The Morgan fingerprint density at radius 2 is 2.10 bits per heavy atom. The highest BCUT2D eigenvalue weighted by Crippen LogP contribution is 2.30. The third-order valence-electron chi connectivity index (χ3n) is 4.37. The number of aliphatic hydroxyl groups excluding tert-OH is 1. The van der Waals surface area contributed by atoms with Crippen molar-refractivity contribution in [1.29, 1.82) is 0 Å². The van der Waals surface area contributed by atoms with Crippen LogP contribution in [-0.4, -0.2) is 40.7 Å². The molecule has 3 rings (SSSR count). The highest BCUT2D eigenvalue weighted by atomic mass is 16.3. The van der Waals surface area contributed by atoms with E-state index in [0.717, 1.165) is 42.6 Å². The number of carbonyl (C=O) groups is 1. The van der Waals surface area contributed by atoms with Crippen LogP contribution in [0, 0.1) is 6.92 Å². The Morgan fingerprint density at radius 3 is 2.86 bits per heavy atom. The molecule has 2 aromatic rings. The molecule has 4 heteroatoms. The SMILES string of the molecule is Cc1ccc2c(c1)c1c(n2CCO)C(=O)N(C)CCCC1. The lowest BCUT2D eigenvalue weighted by atomic mass is 10.0. The van der Waals surface area contributed by atoms with Gasteiger partial charge in [-0.25, -0.2) is 0 Å². The zero-order chi connectivity index (χ0) is 15.0. The van der Waals surface area contributed by atoms with Crippen LogP contribution in [0.25, 0.3) is 10.9 Å². The number of fused-ring (bicyclic) bond motifs is 3. The summed E-state index contributed by atoms with van der Waals surface area (Å²) in [5.41, 5.74) is 4.18. The summed E-state index contributed by atoms with van der Waals surface area (Å²) < 4.78 is 1.99. The molecule has 0 bridgehead atoms. The first-order chi connectivity index (χ1) is 10.1. The predicted octanol–water partition coefficient (Wildman–Crippen LogP) is 2.35. The number of aromatic nitrogens is 1. The lowest BCUT2D eigenvalue weighted by molar-refractivity contribution is 0.0776. The van der Waals surface area contributed by atoms with Crippen LogP contribution >= 0.6 is 0 Å². The molecule has 0 spiro atoms. The van der Waals surface area contributed by atoms with Gasteiger partial charge in [-0.1, -0.05) is 11.6 Å². The van der Waals surface area contributed by atoms with Crippen molar-refractivity contribution in [2.24, 2.45) is 0 Å². The smallest absolute Gasteiger partial charge is 0.270 e. The zero-order valence-electron chi connectivity index (χ0n) is 12.7. The molecule has 1 aliphatic heterocycles. The number of aryl methyl sites for hydroxylation is 2. The van der Waals surface area contributed by atoms with Crippen LogP contribution in [0.1, 0.15) is 34.5 Å². The van der Waals surface area contributed by atoms with Crippen LogP contribution in [0.15, 0.2) is 18.2 Å². The highest BCUT2D eigenvalue weighted by Gasteiger charge is 2.26. The van der Waals surface area contributed by atoms with E-state index < -0.39 is 0 Å². The number of aliphatic hydroxyl groups is 1. The molecule has 1 N–H and O–H groups in total. The van der Waals surface area contributed by atoms with E-state index in [1.807, 2.05) is 11.6 Å². The topological polar surface area (TPSA) is 45.5 Å². The molecule has 21 heavy (non-hydrogen) atoms. The summed E-state index contributed by atoms with van der Waals surface area (Å²) in [6.07, 6.45) is 3.07. The first-order valence-electron chi connectivity index (χ1n) is 7.61. The minimum absolute atomic E-state index is 0.0427. The van der Waals surface area contributed by atoms with E-state index in [0.29, 0.717) is 6.54 Å². The first kappa shape index (κ1) is 14.1. The first-order valence-corrected chi connectivity index (χ1v) is 7.61. The Hall–Kier alpha value is -1.81. The highest BCUT2D eigenvalue weighted by molar-refractivity contribution is 6.02. The van der Waals surface area contributed by atoms with E-state index in [2.05, 4.69) is 25.1 Å². The molecule has 112 valence electrons. The molecule has 1 aromatic heterocycles. The molecule has 0 saturated heterocycles. The maximum atomic E-state index is 12.8. The van der Waals surface area contributed by atoms with E-state index in [1.54, 1.807) is 4.90 Å². The molecule has 0 saturated carbocycles. The van der Waals surface area contributed by atoms with Crippen molar-refractivity contribution in [2.75, 3.05) is 20.2 Å². The molecule has 0 unspecified atom stereocenters. The van der Waals surface area contributed by atoms with Gasteiger partial charge >= 0.3 is 0 Å². The van der Waals surface area contributed by atoms with Crippen LogP contribution in [0.3, 0.4) is 0 Å². The number of carbonyl (C=O) groups excluding carboxylic acids is 1. The summed E-state index contributed by atoms with van der Waals surface area (Å²) in [5, 5.41) is 10.6. The summed E-state index contributed by atoms with van der Waals surface area (Å²) in [4.78, 5) is 14.6. The Morgan fingerprint density at radius 1 is 1.29 bits per heavy atom. The molecule has 0 fully saturated rings. The lowest BCUT2D eigenvalue weighted by Crippen LogP contribution is -2.32. The van der Waals surface area contributed by atoms with Gasteiger partial charge in [-0.3, -0.25) is 4.79 Å². The van der Waals surface area contributed by atoms with Crippen LogP contribution in [0.2, 0.25) is 0 Å². The van der Waals surface area contributed by atoms with Crippen LogP contribution < -0.4 is 0 Å². The number of hydrogen-bond donors (Lipinski definition) is 1. The second kappa shape index (κ2) is 5.53. The number of rotatable bonds is 2. The van der Waals surface area contributed by atoms with Crippen molar-refractivity contribution in [3.05, 3.63) is 35.0 Å². The van der Waals surface area contributed by atoms with Gasteiger partial charge in [0, 0.05) is 31.0 Å². The number of amides is 1. The Kier molecular flexibility index (Phi) is 3.72. The monoisotopic (exact) mass is 286 g/mol. The van der Waals surface area contributed by atoms with Crippen molar-refractivity contribution in [2.45, 2.75) is 32.7 Å². The van der Waals surface area contributed by atoms with Gasteiger partial charge in [0.1, 0.15) is 5.69 Å². The maximum absolute atomic E-state index is 12.8. The van der Waals surface area contributed by atoms with Crippen molar-refractivity contribution >= 4 is 16.8 Å². The van der Waals surface area contributed by atoms with E-state index in [-0.39, 0.29) is 12.5 Å². The molecule has 0 atom stereocenters. The van der Waals surface area contributed by atoms with E-state index in [9.17, 15) is 9.90 Å². The summed E-state index contributed by atoms with van der Waals surface area (Å²) in [5.74, 6) is 0.0759. The fourth-order valence-electron chi connectivity index (χ4n) is 3.30. The molecular formula is C17H22N2O2. The van der Waals surface area contributed by atoms with Gasteiger partial charge in [0.05, 0.1) is 6.61 Å². The fraction of sp³-hybridized carbons (Fsp3) is 0.471. The average Bonchev–Trinajstić information content (AvgIpc) is 2.74. The van der Waals surface area contributed by atoms with Crippen molar-refractivity contribution < 1.29 is 9.90 Å². The summed E-state index contributed by atoms with van der Waals surface area (Å²) in [6.45, 7) is 3.39. The number of nitrogens with zero attached hydrogens (tertiary/aromatic N) is 2.